The van der Waals surface area contributed by atoms with Gasteiger partial charge < -0.3 is 4.74 Å². The predicted octanol–water partition coefficient (Wildman–Crippen LogP) is 2.61. The third-order valence-corrected chi connectivity index (χ3v) is 3.40. The topological polar surface area (TPSA) is 36.3 Å². The third-order valence-electron chi connectivity index (χ3n) is 3.40. The number of hydrogen-bond acceptors (Lipinski definition) is 1. The SMILES string of the molecule is c1ccc(NC(Nc2ccccc2)=[N+]2CCOCC2)cc1. The van der Waals surface area contributed by atoms with Crippen LogP contribution in [0.15, 0.2) is 60.7 Å². The van der Waals surface area contributed by atoms with Crippen LogP contribution in [0.25, 0.3) is 0 Å². The van der Waals surface area contributed by atoms with Crippen LogP contribution in [0.3, 0.4) is 0 Å². The normalized spacial score (nSPS) is 14.6. The minimum Gasteiger partial charge on any atom is -0.375 e. The molecule has 2 aromatic rings. The van der Waals surface area contributed by atoms with E-state index in [0.717, 1.165) is 43.6 Å². The molecule has 2 aromatic carbocycles. The maximum Gasteiger partial charge on any atom is 0.355 e. The number of hydrogen-bond donors (Lipinski definition) is 2. The van der Waals surface area contributed by atoms with Crippen LogP contribution in [0.2, 0.25) is 0 Å². The molecule has 0 aromatic heterocycles. The lowest BCUT2D eigenvalue weighted by Crippen LogP contribution is -2.40. The zero-order valence-electron chi connectivity index (χ0n) is 12.0. The molecule has 1 aliphatic heterocycles. The molecule has 1 heterocycles. The summed E-state index contributed by atoms with van der Waals surface area (Å²) < 4.78 is 7.72. The number of morpholine rings is 1. The van der Waals surface area contributed by atoms with E-state index < -0.39 is 0 Å². The van der Waals surface area contributed by atoms with Crippen molar-refractivity contribution in [2.45, 2.75) is 0 Å². The van der Waals surface area contributed by atoms with Crippen molar-refractivity contribution in [2.75, 3.05) is 36.9 Å². The Labute approximate surface area is 125 Å². The van der Waals surface area contributed by atoms with Crippen molar-refractivity contribution in [3.8, 4) is 0 Å². The number of rotatable bonds is 2. The molecule has 4 heteroatoms. The maximum atomic E-state index is 5.44. The monoisotopic (exact) mass is 282 g/mol. The van der Waals surface area contributed by atoms with E-state index in [9.17, 15) is 0 Å². The standard InChI is InChI=1S/C17H19N3O/c1-3-7-15(8-4-1)18-17(20-11-13-21-14-12-20)19-16-9-5-2-6-10-16/h1-10H,11-14H2,(H,18,19)/p+1. The fraction of sp³-hybridized carbons (Fsp3) is 0.235. The van der Waals surface area contributed by atoms with Gasteiger partial charge in [0.1, 0.15) is 0 Å². The van der Waals surface area contributed by atoms with Gasteiger partial charge in [0.15, 0.2) is 0 Å². The van der Waals surface area contributed by atoms with Crippen LogP contribution < -0.4 is 10.6 Å². The number of benzene rings is 2. The van der Waals surface area contributed by atoms with Gasteiger partial charge in [-0.15, -0.1) is 0 Å². The highest BCUT2D eigenvalue weighted by molar-refractivity contribution is 6.00. The molecule has 1 aliphatic rings. The van der Waals surface area contributed by atoms with Gasteiger partial charge in [-0.05, 0) is 24.3 Å². The van der Waals surface area contributed by atoms with E-state index in [2.05, 4.69) is 39.5 Å². The fourth-order valence-corrected chi connectivity index (χ4v) is 2.29. The molecule has 1 fully saturated rings. The van der Waals surface area contributed by atoms with E-state index in [1.807, 2.05) is 36.4 Å². The Morgan fingerprint density at radius 1 is 0.762 bits per heavy atom. The Bertz CT molecular complexity index is 544. The average Bonchev–Trinajstić information content (AvgIpc) is 2.57. The summed E-state index contributed by atoms with van der Waals surface area (Å²) >= 11 is 0. The Kier molecular flexibility index (Phi) is 4.49. The summed E-state index contributed by atoms with van der Waals surface area (Å²) in [5.41, 5.74) is 2.14. The molecule has 0 spiro atoms. The van der Waals surface area contributed by atoms with Crippen molar-refractivity contribution in [3.05, 3.63) is 60.7 Å². The highest BCUT2D eigenvalue weighted by Gasteiger charge is 2.17. The number of nitrogens with zero attached hydrogens (tertiary/aromatic N) is 1. The summed E-state index contributed by atoms with van der Waals surface area (Å²) in [4.78, 5) is 0. The van der Waals surface area contributed by atoms with Gasteiger partial charge in [0.25, 0.3) is 0 Å². The first-order valence-electron chi connectivity index (χ1n) is 7.25. The number of anilines is 2. The van der Waals surface area contributed by atoms with E-state index in [1.165, 1.54) is 0 Å². The van der Waals surface area contributed by atoms with Crippen LogP contribution in [0, 0.1) is 0 Å². The van der Waals surface area contributed by atoms with Crippen LogP contribution in [0.5, 0.6) is 0 Å². The summed E-state index contributed by atoms with van der Waals surface area (Å²) in [6.07, 6.45) is 0. The molecule has 2 N–H and O–H groups in total. The zero-order chi connectivity index (χ0) is 14.3. The van der Waals surface area contributed by atoms with Gasteiger partial charge in [0, 0.05) is 0 Å². The third kappa shape index (κ3) is 3.83. The van der Waals surface area contributed by atoms with Crippen LogP contribution in [0.4, 0.5) is 11.4 Å². The second kappa shape index (κ2) is 6.90. The average molecular weight is 282 g/mol. The lowest BCUT2D eigenvalue weighted by atomic mass is 10.3. The Morgan fingerprint density at radius 2 is 1.24 bits per heavy atom. The molecule has 1 saturated heterocycles. The molecule has 0 bridgehead atoms. The predicted molar refractivity (Wildman–Crippen MR) is 85.9 cm³/mol. The zero-order valence-corrected chi connectivity index (χ0v) is 12.0. The first-order valence-corrected chi connectivity index (χ1v) is 7.25. The number of para-hydroxylation sites is 2. The second-order valence-corrected chi connectivity index (χ2v) is 4.93. The van der Waals surface area contributed by atoms with Gasteiger partial charge in [-0.1, -0.05) is 36.4 Å². The van der Waals surface area contributed by atoms with Crippen molar-refractivity contribution in [1.29, 1.82) is 0 Å². The summed E-state index contributed by atoms with van der Waals surface area (Å²) in [6, 6.07) is 20.4. The van der Waals surface area contributed by atoms with Crippen LogP contribution >= 0.6 is 0 Å². The highest BCUT2D eigenvalue weighted by Crippen LogP contribution is 2.09. The summed E-state index contributed by atoms with van der Waals surface area (Å²) in [5.74, 6) is 0.996. The van der Waals surface area contributed by atoms with E-state index in [-0.39, 0.29) is 0 Å². The second-order valence-electron chi connectivity index (χ2n) is 4.93. The van der Waals surface area contributed by atoms with Crippen molar-refractivity contribution in [1.82, 2.24) is 0 Å². The molecule has 0 atom stereocenters. The smallest absolute Gasteiger partial charge is 0.355 e. The lowest BCUT2D eigenvalue weighted by Gasteiger charge is -2.18. The van der Waals surface area contributed by atoms with Gasteiger partial charge in [-0.25, -0.2) is 10.6 Å². The molecule has 0 radical (unpaired) electrons. The van der Waals surface area contributed by atoms with E-state index in [0.29, 0.717) is 0 Å². The van der Waals surface area contributed by atoms with Crippen molar-refractivity contribution in [3.63, 3.8) is 0 Å². The molecule has 0 amide bonds. The van der Waals surface area contributed by atoms with Crippen molar-refractivity contribution in [2.24, 2.45) is 0 Å². The summed E-state index contributed by atoms with van der Waals surface area (Å²) in [5, 5.41) is 6.95. The molecule has 4 nitrogen and oxygen atoms in total. The largest absolute Gasteiger partial charge is 0.375 e. The van der Waals surface area contributed by atoms with Crippen LogP contribution in [-0.4, -0.2) is 36.8 Å². The van der Waals surface area contributed by atoms with Gasteiger partial charge in [-0.2, -0.15) is 0 Å². The minimum atomic E-state index is 0.760. The maximum absolute atomic E-state index is 5.44. The Morgan fingerprint density at radius 3 is 1.71 bits per heavy atom. The van der Waals surface area contributed by atoms with Gasteiger partial charge in [0.2, 0.25) is 0 Å². The van der Waals surface area contributed by atoms with Crippen LogP contribution in [0.1, 0.15) is 0 Å². The highest BCUT2D eigenvalue weighted by atomic mass is 16.5. The van der Waals surface area contributed by atoms with Crippen molar-refractivity contribution >= 4 is 17.3 Å². The quantitative estimate of drug-likeness (QED) is 0.656. The van der Waals surface area contributed by atoms with Gasteiger partial charge in [0.05, 0.1) is 37.7 Å². The molecule has 3 rings (SSSR count). The molecular formula is C17H20N3O+. The van der Waals surface area contributed by atoms with E-state index >= 15 is 0 Å². The van der Waals surface area contributed by atoms with Gasteiger partial charge >= 0.3 is 5.96 Å². The fourth-order valence-electron chi connectivity index (χ4n) is 2.29. The van der Waals surface area contributed by atoms with Gasteiger partial charge in [-0.3, -0.25) is 4.58 Å². The first kappa shape index (κ1) is 13.6. The van der Waals surface area contributed by atoms with E-state index in [4.69, 9.17) is 4.74 Å². The summed E-state index contributed by atoms with van der Waals surface area (Å²) in [7, 11) is 0. The Balaban J connectivity index is 1.84. The van der Waals surface area contributed by atoms with E-state index in [1.54, 1.807) is 0 Å². The van der Waals surface area contributed by atoms with Crippen molar-refractivity contribution < 1.29 is 9.31 Å². The number of guanidine groups is 1. The molecule has 0 saturated carbocycles. The molecule has 21 heavy (non-hydrogen) atoms. The minimum absolute atomic E-state index is 0.760. The molecule has 0 unspecified atom stereocenters. The molecule has 108 valence electrons. The summed E-state index contributed by atoms with van der Waals surface area (Å²) in [6.45, 7) is 3.29. The first-order chi connectivity index (χ1) is 10.4. The Hall–Kier alpha value is -2.33. The molecular weight excluding hydrogens is 262 g/mol. The van der Waals surface area contributed by atoms with Crippen LogP contribution in [-0.2, 0) is 4.74 Å². The number of nitrogens with one attached hydrogen (secondary N) is 2. The number of ether oxygens (including phenoxy) is 1. The lowest BCUT2D eigenvalue weighted by molar-refractivity contribution is -0.549. The molecule has 0 aliphatic carbocycles.